The van der Waals surface area contributed by atoms with Crippen LogP contribution in [0.3, 0.4) is 0 Å². The van der Waals surface area contributed by atoms with Crippen LogP contribution in [0.15, 0.2) is 198 Å². The number of aromatic nitrogens is 4. The zero-order chi connectivity index (χ0) is 42.5. The summed E-state index contributed by atoms with van der Waals surface area (Å²) in [5.74, 6) is 0.449. The third-order valence-electron chi connectivity index (χ3n) is 11.1. The van der Waals surface area contributed by atoms with E-state index in [0.29, 0.717) is 22.3 Å². The van der Waals surface area contributed by atoms with Gasteiger partial charge < -0.3 is 8.98 Å². The molecule has 12 aromatic rings. The van der Waals surface area contributed by atoms with Crippen LogP contribution in [-0.2, 0) is 0 Å². The van der Waals surface area contributed by atoms with Gasteiger partial charge in [0.15, 0.2) is 17.5 Å². The van der Waals surface area contributed by atoms with Gasteiger partial charge in [-0.3, -0.25) is 0 Å². The molecule has 0 saturated heterocycles. The highest BCUT2D eigenvalue weighted by Crippen LogP contribution is 2.42. The Morgan fingerprint density at radius 1 is 0.414 bits per heavy atom. The van der Waals surface area contributed by atoms with E-state index in [9.17, 15) is 0 Å². The smallest absolute Gasteiger partial charge is 0.167 e. The van der Waals surface area contributed by atoms with Gasteiger partial charge in [-0.2, -0.15) is 0 Å². The van der Waals surface area contributed by atoms with Gasteiger partial charge in [-0.25, -0.2) is 15.0 Å². The van der Waals surface area contributed by atoms with Crippen molar-refractivity contribution < 1.29 is 11.3 Å². The highest BCUT2D eigenvalue weighted by atomic mass is 16.3. The Kier molecular flexibility index (Phi) is 6.12. The molecule has 3 aromatic heterocycles. The van der Waals surface area contributed by atoms with Crippen molar-refractivity contribution in [2.45, 2.75) is 0 Å². The molecule has 0 saturated carbocycles. The molecule has 270 valence electrons. The number of fused-ring (bicyclic) bond motifs is 9. The predicted molar refractivity (Wildman–Crippen MR) is 238 cm³/mol. The molecule has 0 atom stereocenters. The van der Waals surface area contributed by atoms with Crippen molar-refractivity contribution in [2.75, 3.05) is 0 Å². The molecule has 5 nitrogen and oxygen atoms in total. The second-order valence-electron chi connectivity index (χ2n) is 14.4. The number of rotatable bonds is 5. The first-order valence-corrected chi connectivity index (χ1v) is 19.1. The van der Waals surface area contributed by atoms with Crippen molar-refractivity contribution in [3.63, 3.8) is 0 Å². The summed E-state index contributed by atoms with van der Waals surface area (Å²) in [6, 6.07) is 53.4. The average molecular weight is 746 g/mol. The summed E-state index contributed by atoms with van der Waals surface area (Å²) >= 11 is 0. The fraction of sp³-hybridized carbons (Fsp3) is 0. The van der Waals surface area contributed by atoms with Crippen LogP contribution in [0, 0.1) is 0 Å². The highest BCUT2D eigenvalue weighted by Gasteiger charge is 2.22. The monoisotopic (exact) mass is 745 g/mol. The Hall–Kier alpha value is -7.89. The van der Waals surface area contributed by atoms with Gasteiger partial charge in [0.25, 0.3) is 0 Å². The van der Waals surface area contributed by atoms with Gasteiger partial charge in [-0.1, -0.05) is 152 Å². The van der Waals surface area contributed by atoms with Crippen LogP contribution in [0.4, 0.5) is 0 Å². The second-order valence-corrected chi connectivity index (χ2v) is 14.4. The van der Waals surface area contributed by atoms with Crippen LogP contribution in [0.2, 0.25) is 0 Å². The Bertz CT molecular complexity index is 3800. The first-order valence-electron chi connectivity index (χ1n) is 21.6. The Morgan fingerprint density at radius 2 is 1.03 bits per heavy atom. The minimum atomic E-state index is -0.495. The van der Waals surface area contributed by atoms with Gasteiger partial charge in [-0.05, 0) is 75.1 Å². The summed E-state index contributed by atoms with van der Waals surface area (Å²) < 4.78 is 52.3. The van der Waals surface area contributed by atoms with Crippen molar-refractivity contribution in [3.8, 4) is 51.0 Å². The molecule has 0 N–H and O–H groups in total. The molecule has 0 bridgehead atoms. The molecular formula is C53H32N4O. The second kappa shape index (κ2) is 12.8. The number of benzene rings is 9. The summed E-state index contributed by atoms with van der Waals surface area (Å²) in [6.45, 7) is 0. The van der Waals surface area contributed by atoms with Crippen LogP contribution in [0.5, 0.6) is 0 Å². The SMILES string of the molecule is [2H]c1c([2H])c([2H])c(-c2nc(-c3ccccc3)nc(-c3cc(-n4c5ccccc5c5ccccc54)cc4c3oc3cc(-c5cc6ccccc6c6ccccc56)ccc34)n2)c([2H])c1[2H]. The molecular weight excluding hydrogens is 709 g/mol. The summed E-state index contributed by atoms with van der Waals surface area (Å²) in [6.07, 6.45) is 0. The largest absolute Gasteiger partial charge is 0.455 e. The molecule has 0 fully saturated rings. The number of furan rings is 1. The van der Waals surface area contributed by atoms with Crippen molar-refractivity contribution in [2.24, 2.45) is 0 Å². The van der Waals surface area contributed by atoms with Crippen LogP contribution in [-0.4, -0.2) is 19.5 Å². The van der Waals surface area contributed by atoms with E-state index in [2.05, 4.69) is 108 Å². The molecule has 0 radical (unpaired) electrons. The first-order chi connectivity index (χ1) is 30.8. The van der Waals surface area contributed by atoms with Crippen LogP contribution >= 0.6 is 0 Å². The lowest BCUT2D eigenvalue weighted by Gasteiger charge is -2.12. The van der Waals surface area contributed by atoms with E-state index >= 15 is 0 Å². The molecule has 3 heterocycles. The van der Waals surface area contributed by atoms with Crippen molar-refractivity contribution >= 4 is 65.3 Å². The van der Waals surface area contributed by atoms with E-state index in [0.717, 1.165) is 60.2 Å². The van der Waals surface area contributed by atoms with E-state index in [1.54, 1.807) is 0 Å². The van der Waals surface area contributed by atoms with Gasteiger partial charge in [0, 0.05) is 38.4 Å². The van der Waals surface area contributed by atoms with E-state index in [-0.39, 0.29) is 23.0 Å². The lowest BCUT2D eigenvalue weighted by Crippen LogP contribution is -2.01. The lowest BCUT2D eigenvalue weighted by molar-refractivity contribution is 0.669. The lowest BCUT2D eigenvalue weighted by atomic mass is 9.93. The van der Waals surface area contributed by atoms with E-state index in [1.807, 2.05) is 60.7 Å². The minimum absolute atomic E-state index is 0.0483. The molecule has 0 aliphatic heterocycles. The van der Waals surface area contributed by atoms with Gasteiger partial charge in [0.1, 0.15) is 11.2 Å². The number of nitrogens with zero attached hydrogens (tertiary/aromatic N) is 4. The molecule has 0 spiro atoms. The van der Waals surface area contributed by atoms with Crippen molar-refractivity contribution in [3.05, 3.63) is 194 Å². The molecule has 0 aliphatic carbocycles. The summed E-state index contributed by atoms with van der Waals surface area (Å²) in [7, 11) is 0. The predicted octanol–water partition coefficient (Wildman–Crippen LogP) is 13.8. The fourth-order valence-electron chi connectivity index (χ4n) is 8.51. The number of hydrogen-bond donors (Lipinski definition) is 0. The Labute approximate surface area is 340 Å². The molecule has 0 aliphatic rings. The maximum absolute atomic E-state index is 8.90. The molecule has 0 unspecified atom stereocenters. The first kappa shape index (κ1) is 27.7. The number of para-hydroxylation sites is 2. The molecule has 0 amide bonds. The standard InChI is InChI=1S/C53H32N4O/c1-3-15-33(16-4-1)51-54-52(34-17-5-2-6-18-34)56-53(55-51)46-32-37(57-47-25-13-11-23-41(47)42-24-12-14-26-48(42)57)31-45-43-28-27-36(30-49(43)58-50(45)46)44-29-35-19-7-8-20-38(35)39-21-9-10-22-40(39)44/h1-32H/i1D,3D,4D,15D,16D. The van der Waals surface area contributed by atoms with Gasteiger partial charge in [0.2, 0.25) is 0 Å². The maximum atomic E-state index is 8.90. The third-order valence-corrected chi connectivity index (χ3v) is 11.1. The average Bonchev–Trinajstić information content (AvgIpc) is 3.88. The minimum Gasteiger partial charge on any atom is -0.455 e. The van der Waals surface area contributed by atoms with E-state index < -0.39 is 30.2 Å². The van der Waals surface area contributed by atoms with Gasteiger partial charge in [0.05, 0.1) is 23.5 Å². The molecule has 12 rings (SSSR count). The van der Waals surface area contributed by atoms with Gasteiger partial charge >= 0.3 is 0 Å². The third kappa shape index (κ3) is 5.07. The van der Waals surface area contributed by atoms with Gasteiger partial charge in [-0.15, -0.1) is 0 Å². The van der Waals surface area contributed by atoms with Crippen LogP contribution in [0.1, 0.15) is 6.85 Å². The summed E-state index contributed by atoms with van der Waals surface area (Å²) in [4.78, 5) is 14.8. The maximum Gasteiger partial charge on any atom is 0.167 e. The van der Waals surface area contributed by atoms with E-state index in [4.69, 9.17) is 26.2 Å². The quantitative estimate of drug-likeness (QED) is 0.165. The zero-order valence-electron chi connectivity index (χ0n) is 35.8. The molecule has 9 aromatic carbocycles. The molecule has 5 heteroatoms. The van der Waals surface area contributed by atoms with E-state index in [1.165, 1.54) is 10.8 Å². The van der Waals surface area contributed by atoms with Crippen molar-refractivity contribution in [1.29, 1.82) is 0 Å². The van der Waals surface area contributed by atoms with Crippen LogP contribution in [0.25, 0.3) is 116 Å². The fourth-order valence-corrected chi connectivity index (χ4v) is 8.51. The highest BCUT2D eigenvalue weighted by molar-refractivity contribution is 6.16. The topological polar surface area (TPSA) is 56.7 Å². The van der Waals surface area contributed by atoms with Crippen LogP contribution < -0.4 is 0 Å². The molecule has 58 heavy (non-hydrogen) atoms. The number of hydrogen-bond acceptors (Lipinski definition) is 4. The Balaban J connectivity index is 1.17. The summed E-state index contributed by atoms with van der Waals surface area (Å²) in [5.41, 5.74) is 7.27. The van der Waals surface area contributed by atoms with Crippen molar-refractivity contribution in [1.82, 2.24) is 19.5 Å². The summed E-state index contributed by atoms with van der Waals surface area (Å²) in [5, 5.41) is 8.59. The normalized spacial score (nSPS) is 13.0. The zero-order valence-corrected chi connectivity index (χ0v) is 30.8. The Morgan fingerprint density at radius 3 is 1.79 bits per heavy atom.